The standard InChI is InChI=1S/C14H15ClN4OS/c1-8-12(19-14(17-8)21-9(2)18-19)7-16-10-4-5-11(15)13(6-10)20-3/h4-6,16H,7H2,1-3H3. The summed E-state index contributed by atoms with van der Waals surface area (Å²) < 4.78 is 7.12. The molecule has 3 rings (SSSR count). The number of aromatic nitrogens is 3. The zero-order chi connectivity index (χ0) is 15.0. The van der Waals surface area contributed by atoms with Crippen LogP contribution < -0.4 is 10.1 Å². The number of aryl methyl sites for hydroxylation is 2. The first-order valence-corrected chi connectivity index (χ1v) is 7.67. The normalized spacial score (nSPS) is 11.0. The van der Waals surface area contributed by atoms with Gasteiger partial charge in [0.1, 0.15) is 10.8 Å². The Balaban J connectivity index is 1.84. The molecule has 3 aromatic rings. The number of hydrogen-bond donors (Lipinski definition) is 1. The van der Waals surface area contributed by atoms with E-state index < -0.39 is 0 Å². The third-order valence-corrected chi connectivity index (χ3v) is 4.34. The van der Waals surface area contributed by atoms with Crippen LogP contribution in [0.25, 0.3) is 4.96 Å². The van der Waals surface area contributed by atoms with Crippen LogP contribution in [0, 0.1) is 13.8 Å². The molecule has 1 N–H and O–H groups in total. The fourth-order valence-electron chi connectivity index (χ4n) is 2.14. The van der Waals surface area contributed by atoms with E-state index in [1.807, 2.05) is 36.6 Å². The first-order valence-electron chi connectivity index (χ1n) is 6.47. The second-order valence-electron chi connectivity index (χ2n) is 4.66. The van der Waals surface area contributed by atoms with Gasteiger partial charge in [0.25, 0.3) is 0 Å². The van der Waals surface area contributed by atoms with Crippen molar-refractivity contribution in [1.82, 2.24) is 14.6 Å². The molecule has 0 radical (unpaired) electrons. The summed E-state index contributed by atoms with van der Waals surface area (Å²) in [5.74, 6) is 0.654. The lowest BCUT2D eigenvalue weighted by molar-refractivity contribution is 0.415. The van der Waals surface area contributed by atoms with Gasteiger partial charge in [0.2, 0.25) is 4.96 Å². The minimum Gasteiger partial charge on any atom is -0.495 e. The molecule has 0 spiro atoms. The summed E-state index contributed by atoms with van der Waals surface area (Å²) in [7, 11) is 1.60. The van der Waals surface area contributed by atoms with E-state index in [1.54, 1.807) is 18.4 Å². The van der Waals surface area contributed by atoms with Gasteiger partial charge in [-0.3, -0.25) is 0 Å². The number of fused-ring (bicyclic) bond motifs is 1. The monoisotopic (exact) mass is 322 g/mol. The van der Waals surface area contributed by atoms with E-state index in [1.165, 1.54) is 0 Å². The minimum atomic E-state index is 0.598. The molecule has 1 aromatic carbocycles. The smallest absolute Gasteiger partial charge is 0.212 e. The van der Waals surface area contributed by atoms with Crippen LogP contribution in [0.4, 0.5) is 5.69 Å². The average Bonchev–Trinajstić information content (AvgIpc) is 2.93. The van der Waals surface area contributed by atoms with E-state index in [4.69, 9.17) is 16.3 Å². The Hall–Kier alpha value is -1.79. The molecule has 7 heteroatoms. The Kier molecular flexibility index (Phi) is 3.73. The number of nitrogens with one attached hydrogen (secondary N) is 1. The van der Waals surface area contributed by atoms with Crippen LogP contribution in [-0.4, -0.2) is 21.7 Å². The van der Waals surface area contributed by atoms with Crippen molar-refractivity contribution >= 4 is 33.6 Å². The summed E-state index contributed by atoms with van der Waals surface area (Å²) in [6.45, 7) is 4.62. The number of hydrogen-bond acceptors (Lipinski definition) is 5. The van der Waals surface area contributed by atoms with Gasteiger partial charge in [-0.25, -0.2) is 9.50 Å². The SMILES string of the molecule is COc1cc(NCc2c(C)nc3sc(C)nn23)ccc1Cl. The molecule has 110 valence electrons. The summed E-state index contributed by atoms with van der Waals surface area (Å²) in [5.41, 5.74) is 2.99. The number of rotatable bonds is 4. The summed E-state index contributed by atoms with van der Waals surface area (Å²) in [4.78, 5) is 5.45. The highest BCUT2D eigenvalue weighted by atomic mass is 35.5. The van der Waals surface area contributed by atoms with Crippen LogP contribution in [-0.2, 0) is 6.54 Å². The van der Waals surface area contributed by atoms with Crippen molar-refractivity contribution in [1.29, 1.82) is 0 Å². The molecule has 0 aliphatic heterocycles. The molecule has 0 aliphatic carbocycles. The third-order valence-electron chi connectivity index (χ3n) is 3.21. The minimum absolute atomic E-state index is 0.598. The highest BCUT2D eigenvalue weighted by Gasteiger charge is 2.12. The summed E-state index contributed by atoms with van der Waals surface area (Å²) in [6.07, 6.45) is 0. The third kappa shape index (κ3) is 2.69. The van der Waals surface area contributed by atoms with Crippen LogP contribution in [0.2, 0.25) is 5.02 Å². The fourth-order valence-corrected chi connectivity index (χ4v) is 3.15. The molecule has 0 unspecified atom stereocenters. The number of imidazole rings is 1. The molecule has 21 heavy (non-hydrogen) atoms. The molecule has 0 saturated heterocycles. The quantitative estimate of drug-likeness (QED) is 0.796. The largest absolute Gasteiger partial charge is 0.495 e. The predicted octanol–water partition coefficient (Wildman–Crippen LogP) is 3.68. The molecule has 0 amide bonds. The van der Waals surface area contributed by atoms with Gasteiger partial charge >= 0.3 is 0 Å². The van der Waals surface area contributed by atoms with Gasteiger partial charge in [-0.2, -0.15) is 5.10 Å². The predicted molar refractivity (Wildman–Crippen MR) is 85.7 cm³/mol. The van der Waals surface area contributed by atoms with E-state index in [0.29, 0.717) is 17.3 Å². The number of halogens is 1. The summed E-state index contributed by atoms with van der Waals surface area (Å²) in [6, 6.07) is 5.61. The Morgan fingerprint density at radius 1 is 1.38 bits per heavy atom. The molecular weight excluding hydrogens is 308 g/mol. The maximum absolute atomic E-state index is 6.03. The molecule has 0 atom stereocenters. The van der Waals surface area contributed by atoms with Crippen molar-refractivity contribution in [2.75, 3.05) is 12.4 Å². The Morgan fingerprint density at radius 2 is 2.19 bits per heavy atom. The maximum Gasteiger partial charge on any atom is 0.212 e. The van der Waals surface area contributed by atoms with Gasteiger partial charge in [0.05, 0.1) is 30.1 Å². The van der Waals surface area contributed by atoms with Crippen LogP contribution in [0.1, 0.15) is 16.4 Å². The zero-order valence-electron chi connectivity index (χ0n) is 12.0. The Morgan fingerprint density at radius 3 is 2.95 bits per heavy atom. The molecular formula is C14H15ClN4OS. The lowest BCUT2D eigenvalue weighted by atomic mass is 10.2. The summed E-state index contributed by atoms with van der Waals surface area (Å²) in [5, 5.41) is 9.44. The molecule has 0 fully saturated rings. The second kappa shape index (κ2) is 5.54. The lowest BCUT2D eigenvalue weighted by Crippen LogP contribution is -2.05. The first-order chi connectivity index (χ1) is 10.1. The maximum atomic E-state index is 6.03. The average molecular weight is 323 g/mol. The van der Waals surface area contributed by atoms with Crippen molar-refractivity contribution in [3.8, 4) is 5.75 Å². The van der Waals surface area contributed by atoms with Gasteiger partial charge in [-0.05, 0) is 26.0 Å². The van der Waals surface area contributed by atoms with Crippen LogP contribution in [0.15, 0.2) is 18.2 Å². The van der Waals surface area contributed by atoms with Crippen molar-refractivity contribution < 1.29 is 4.74 Å². The van der Waals surface area contributed by atoms with E-state index in [-0.39, 0.29) is 0 Å². The van der Waals surface area contributed by atoms with Crippen LogP contribution in [0.3, 0.4) is 0 Å². The van der Waals surface area contributed by atoms with Gasteiger partial charge in [-0.1, -0.05) is 22.9 Å². The second-order valence-corrected chi connectivity index (χ2v) is 6.23. The van der Waals surface area contributed by atoms with Crippen molar-refractivity contribution in [2.24, 2.45) is 0 Å². The number of anilines is 1. The molecule has 0 aliphatic rings. The number of benzene rings is 1. The Bertz CT molecular complexity index is 796. The van der Waals surface area contributed by atoms with Gasteiger partial charge in [0.15, 0.2) is 0 Å². The van der Waals surface area contributed by atoms with Crippen molar-refractivity contribution in [3.63, 3.8) is 0 Å². The van der Waals surface area contributed by atoms with Crippen LogP contribution >= 0.6 is 22.9 Å². The van der Waals surface area contributed by atoms with Gasteiger partial charge in [0, 0.05) is 11.8 Å². The van der Waals surface area contributed by atoms with Crippen LogP contribution in [0.5, 0.6) is 5.75 Å². The van der Waals surface area contributed by atoms with Crippen molar-refractivity contribution in [2.45, 2.75) is 20.4 Å². The van der Waals surface area contributed by atoms with Crippen molar-refractivity contribution in [3.05, 3.63) is 39.6 Å². The molecule has 0 bridgehead atoms. The topological polar surface area (TPSA) is 51.5 Å². The first kappa shape index (κ1) is 14.2. The van der Waals surface area contributed by atoms with E-state index in [2.05, 4.69) is 15.4 Å². The number of nitrogens with zero attached hydrogens (tertiary/aromatic N) is 3. The molecule has 2 heterocycles. The lowest BCUT2D eigenvalue weighted by Gasteiger charge is -2.09. The van der Waals surface area contributed by atoms with E-state index >= 15 is 0 Å². The summed E-state index contributed by atoms with van der Waals surface area (Å²) >= 11 is 7.62. The van der Waals surface area contributed by atoms with E-state index in [9.17, 15) is 0 Å². The highest BCUT2D eigenvalue weighted by molar-refractivity contribution is 7.16. The number of methoxy groups -OCH3 is 1. The number of ether oxygens (including phenoxy) is 1. The highest BCUT2D eigenvalue weighted by Crippen LogP contribution is 2.28. The zero-order valence-corrected chi connectivity index (χ0v) is 13.5. The van der Waals surface area contributed by atoms with Gasteiger partial charge < -0.3 is 10.1 Å². The van der Waals surface area contributed by atoms with E-state index in [0.717, 1.165) is 27.0 Å². The Labute approximate surface area is 131 Å². The fraction of sp³-hybridized carbons (Fsp3) is 0.286. The molecule has 5 nitrogen and oxygen atoms in total. The molecule has 0 saturated carbocycles. The molecule has 2 aromatic heterocycles. The van der Waals surface area contributed by atoms with Gasteiger partial charge in [-0.15, -0.1) is 0 Å².